The van der Waals surface area contributed by atoms with Crippen LogP contribution >= 0.6 is 11.6 Å². The quantitative estimate of drug-likeness (QED) is 0.466. The second kappa shape index (κ2) is 9.03. The third-order valence-electron chi connectivity index (χ3n) is 3.39. The average Bonchev–Trinajstić information content (AvgIpc) is 2.54. The summed E-state index contributed by atoms with van der Waals surface area (Å²) in [7, 11) is 0. The topological polar surface area (TPSA) is 92.1 Å². The molecule has 0 fully saturated rings. The van der Waals surface area contributed by atoms with Crippen molar-refractivity contribution in [3.63, 3.8) is 0 Å². The van der Waals surface area contributed by atoms with Crippen molar-refractivity contribution in [1.29, 1.82) is 0 Å². The number of carboxylic acids is 1. The first-order valence-corrected chi connectivity index (χ1v) is 7.45. The molecule has 0 aliphatic heterocycles. The Balaban J connectivity index is 0.00000288. The minimum Gasteiger partial charge on any atom is -0.543 e. The van der Waals surface area contributed by atoms with Crippen LogP contribution in [0.3, 0.4) is 0 Å². The molecule has 120 valence electrons. The molecule has 8 heteroatoms. The van der Waals surface area contributed by atoms with Gasteiger partial charge in [-0.3, -0.25) is 9.59 Å². The van der Waals surface area contributed by atoms with Gasteiger partial charge in [0.1, 0.15) is 0 Å². The Bertz CT molecular complexity index is 831. The number of carbonyl (C=O) groups excluding carboxylic acids is 2. The minimum absolute atomic E-state index is 0. The number of carbonyl (C=O) groups is 2. The van der Waals surface area contributed by atoms with Crippen LogP contribution in [0.25, 0.3) is 5.69 Å². The number of carboxylic acid groups (broad SMARTS) is 1. The van der Waals surface area contributed by atoms with Gasteiger partial charge in [0.2, 0.25) is 5.43 Å². The predicted octanol–water partition coefficient (Wildman–Crippen LogP) is -1.59. The molecule has 1 heterocycles. The van der Waals surface area contributed by atoms with Gasteiger partial charge in [-0.2, -0.15) is 5.10 Å². The fourth-order valence-corrected chi connectivity index (χ4v) is 2.41. The zero-order chi connectivity index (χ0) is 17.1. The van der Waals surface area contributed by atoms with Crippen molar-refractivity contribution in [1.82, 2.24) is 9.78 Å². The third-order valence-corrected chi connectivity index (χ3v) is 3.64. The van der Waals surface area contributed by atoms with E-state index >= 15 is 0 Å². The number of aromatic nitrogens is 2. The van der Waals surface area contributed by atoms with Crippen molar-refractivity contribution in [3.05, 3.63) is 56.5 Å². The summed E-state index contributed by atoms with van der Waals surface area (Å²) < 4.78 is 1.28. The summed E-state index contributed by atoms with van der Waals surface area (Å²) in [4.78, 5) is 35.6. The van der Waals surface area contributed by atoms with Gasteiger partial charge >= 0.3 is 51.4 Å². The summed E-state index contributed by atoms with van der Waals surface area (Å²) >= 11 is 5.85. The molecule has 1 aromatic heterocycles. The molecule has 0 amide bonds. The zero-order valence-electron chi connectivity index (χ0n) is 13.6. The Morgan fingerprint density at radius 2 is 1.79 bits per heavy atom. The number of ketones is 1. The first kappa shape index (κ1) is 21.2. The van der Waals surface area contributed by atoms with Crippen LogP contribution in [-0.2, 0) is 6.42 Å². The Morgan fingerprint density at radius 1 is 1.21 bits per heavy atom. The smallest absolute Gasteiger partial charge is 0.543 e. The maximum Gasteiger partial charge on any atom is 1.00 e. The average molecular weight is 373 g/mol. The minimum atomic E-state index is -1.72. The summed E-state index contributed by atoms with van der Waals surface area (Å²) in [5, 5.41) is 15.6. The van der Waals surface area contributed by atoms with Crippen LogP contribution in [-0.4, -0.2) is 21.5 Å². The molecule has 0 saturated heterocycles. The Morgan fingerprint density at radius 3 is 2.25 bits per heavy atom. The van der Waals surface area contributed by atoms with Gasteiger partial charge in [-0.15, -0.1) is 0 Å². The van der Waals surface area contributed by atoms with Crippen LogP contribution in [0, 0.1) is 0 Å². The summed E-state index contributed by atoms with van der Waals surface area (Å²) in [6.07, 6.45) is 0.415. The molecular formula is C16H14ClKN2O4. The summed E-state index contributed by atoms with van der Waals surface area (Å²) in [5.74, 6) is -2.15. The Kier molecular flexibility index (Phi) is 7.98. The molecular weight excluding hydrogens is 359 g/mol. The number of Topliss-reactive ketones (excluding diaryl/α,β-unsaturated/α-hetero) is 1. The molecule has 0 saturated carbocycles. The van der Waals surface area contributed by atoms with E-state index in [1.165, 1.54) is 4.68 Å². The van der Waals surface area contributed by atoms with E-state index < -0.39 is 22.9 Å². The molecule has 6 nitrogen and oxygen atoms in total. The van der Waals surface area contributed by atoms with E-state index in [2.05, 4.69) is 5.10 Å². The van der Waals surface area contributed by atoms with Gasteiger partial charge in [0.15, 0.2) is 11.5 Å². The molecule has 1 aromatic carbocycles. The molecule has 0 aliphatic rings. The number of rotatable bonds is 5. The standard InChI is InChI=1S/C16H15ClN2O4.K/c1-3-11-13(12(20)4-2)15(21)14(16(22)23)18-19(11)10-7-5-9(17)6-8-10;/h5-8H,3-4H2,1-2H3,(H,22,23);/q;+1/p-1. The molecule has 0 atom stereocenters. The van der Waals surface area contributed by atoms with Crippen molar-refractivity contribution < 1.29 is 66.1 Å². The molecule has 2 aromatic rings. The van der Waals surface area contributed by atoms with E-state index in [1.54, 1.807) is 38.1 Å². The van der Waals surface area contributed by atoms with Crippen LogP contribution < -0.4 is 61.9 Å². The summed E-state index contributed by atoms with van der Waals surface area (Å²) in [6.45, 7) is 3.36. The van der Waals surface area contributed by atoms with E-state index in [1.807, 2.05) is 0 Å². The Labute approximate surface area is 186 Å². The van der Waals surface area contributed by atoms with Crippen LogP contribution in [0.2, 0.25) is 5.02 Å². The molecule has 0 N–H and O–H groups in total. The number of nitrogens with zero attached hydrogens (tertiary/aromatic N) is 2. The van der Waals surface area contributed by atoms with Crippen molar-refractivity contribution in [3.8, 4) is 5.69 Å². The van der Waals surface area contributed by atoms with E-state index in [4.69, 9.17) is 11.6 Å². The van der Waals surface area contributed by atoms with Gasteiger partial charge in [0, 0.05) is 11.4 Å². The maximum absolute atomic E-state index is 12.3. The predicted molar refractivity (Wildman–Crippen MR) is 83.2 cm³/mol. The van der Waals surface area contributed by atoms with Gasteiger partial charge in [0.05, 0.1) is 22.9 Å². The van der Waals surface area contributed by atoms with Crippen LogP contribution in [0.5, 0.6) is 0 Å². The molecule has 0 spiro atoms. The van der Waals surface area contributed by atoms with Crippen molar-refractivity contribution in [2.24, 2.45) is 0 Å². The Hall–Kier alpha value is -0.834. The van der Waals surface area contributed by atoms with Gasteiger partial charge < -0.3 is 9.90 Å². The van der Waals surface area contributed by atoms with Gasteiger partial charge in [-0.25, -0.2) is 4.68 Å². The van der Waals surface area contributed by atoms with E-state index in [9.17, 15) is 19.5 Å². The van der Waals surface area contributed by atoms with Crippen molar-refractivity contribution in [2.45, 2.75) is 26.7 Å². The largest absolute Gasteiger partial charge is 1.00 e. The van der Waals surface area contributed by atoms with Crippen molar-refractivity contribution in [2.75, 3.05) is 0 Å². The molecule has 2 rings (SSSR count). The van der Waals surface area contributed by atoms with Gasteiger partial charge in [-0.05, 0) is 30.7 Å². The summed E-state index contributed by atoms with van der Waals surface area (Å²) in [6, 6.07) is 6.46. The van der Waals surface area contributed by atoms with E-state index in [-0.39, 0.29) is 63.4 Å². The number of benzene rings is 1. The molecule has 24 heavy (non-hydrogen) atoms. The molecule has 0 radical (unpaired) electrons. The normalized spacial score (nSPS) is 10.1. The van der Waals surface area contributed by atoms with Crippen LogP contribution in [0.15, 0.2) is 29.1 Å². The molecule has 0 aliphatic carbocycles. The number of hydrogen-bond acceptors (Lipinski definition) is 5. The zero-order valence-corrected chi connectivity index (χ0v) is 17.5. The van der Waals surface area contributed by atoms with E-state index in [0.29, 0.717) is 22.8 Å². The van der Waals surface area contributed by atoms with Crippen LogP contribution in [0.4, 0.5) is 0 Å². The monoisotopic (exact) mass is 372 g/mol. The fraction of sp³-hybridized carbons (Fsp3) is 0.250. The van der Waals surface area contributed by atoms with Gasteiger partial charge in [0.25, 0.3) is 0 Å². The first-order valence-electron chi connectivity index (χ1n) is 7.07. The number of halogens is 1. The second-order valence-corrected chi connectivity index (χ2v) is 5.24. The van der Waals surface area contributed by atoms with Gasteiger partial charge in [-0.1, -0.05) is 25.4 Å². The first-order chi connectivity index (χ1) is 10.9. The second-order valence-electron chi connectivity index (χ2n) is 4.81. The SMILES string of the molecule is CCC(=O)c1c(CC)n(-c2ccc(Cl)cc2)nc(C(=O)[O-])c1=O.[K+]. The molecule has 0 unspecified atom stereocenters. The van der Waals surface area contributed by atoms with Crippen LogP contribution in [0.1, 0.15) is 46.8 Å². The summed E-state index contributed by atoms with van der Waals surface area (Å²) in [5.41, 5.74) is -0.986. The van der Waals surface area contributed by atoms with Crippen molar-refractivity contribution >= 4 is 23.4 Å². The number of aromatic carboxylic acids is 1. The molecule has 0 bridgehead atoms. The maximum atomic E-state index is 12.3. The number of hydrogen-bond donors (Lipinski definition) is 0. The van der Waals surface area contributed by atoms with E-state index in [0.717, 1.165) is 0 Å². The fourth-order valence-electron chi connectivity index (χ4n) is 2.28. The third kappa shape index (κ3) is 4.22.